The molecule has 1 aromatic rings. The number of nitrogens with two attached hydrogens (primary N) is 1. The number of hydrogen-bond acceptors (Lipinski definition) is 3. The summed E-state index contributed by atoms with van der Waals surface area (Å²) in [6.07, 6.45) is -0.0487. The monoisotopic (exact) mass is 270 g/mol. The van der Waals surface area contributed by atoms with Crippen LogP contribution in [0.5, 0.6) is 0 Å². The summed E-state index contributed by atoms with van der Waals surface area (Å²) in [7, 11) is 0. The Kier molecular flexibility index (Phi) is 5.60. The van der Waals surface area contributed by atoms with E-state index < -0.39 is 0 Å². The molecule has 0 saturated carbocycles. The number of hydrazine groups is 1. The van der Waals surface area contributed by atoms with Gasteiger partial charge in [0.2, 0.25) is 0 Å². The van der Waals surface area contributed by atoms with Crippen molar-refractivity contribution in [3.63, 3.8) is 0 Å². The van der Waals surface area contributed by atoms with E-state index in [1.54, 1.807) is 0 Å². The minimum absolute atomic E-state index is 0.0355. The second-order valence-electron chi connectivity index (χ2n) is 5.41. The molecule has 2 unspecified atom stereocenters. The van der Waals surface area contributed by atoms with Crippen molar-refractivity contribution in [1.29, 1.82) is 0 Å². The van der Waals surface area contributed by atoms with E-state index in [1.807, 2.05) is 31.2 Å². The predicted octanol–water partition coefficient (Wildman–Crippen LogP) is 3.30. The fourth-order valence-electron chi connectivity index (χ4n) is 2.09. The van der Waals surface area contributed by atoms with Gasteiger partial charge in [-0.3, -0.25) is 11.3 Å². The largest absolute Gasteiger partial charge is 0.376 e. The van der Waals surface area contributed by atoms with Crippen LogP contribution in [0.4, 0.5) is 0 Å². The van der Waals surface area contributed by atoms with Crippen molar-refractivity contribution in [2.75, 3.05) is 6.61 Å². The molecule has 0 aliphatic heterocycles. The number of hydrogen-bond donors (Lipinski definition) is 2. The molecule has 1 aromatic carbocycles. The molecule has 0 fully saturated rings. The molecule has 0 saturated heterocycles. The fraction of sp³-hybridized carbons (Fsp3) is 0.571. The topological polar surface area (TPSA) is 47.3 Å². The standard InChI is InChI=1S/C14H23ClN2O/c1-5-18-13(14(2,3)4)12(17-16)10-8-6-7-9-11(10)15/h6-9,12-13,17H,5,16H2,1-4H3. The summed E-state index contributed by atoms with van der Waals surface area (Å²) in [5.41, 5.74) is 3.77. The normalized spacial score (nSPS) is 15.4. The number of nitrogens with one attached hydrogen (secondary N) is 1. The van der Waals surface area contributed by atoms with E-state index >= 15 is 0 Å². The zero-order valence-electron chi connectivity index (χ0n) is 11.5. The average molecular weight is 271 g/mol. The molecule has 1 rings (SSSR count). The molecule has 2 atom stereocenters. The first kappa shape index (κ1) is 15.4. The van der Waals surface area contributed by atoms with Gasteiger partial charge < -0.3 is 4.74 Å². The summed E-state index contributed by atoms with van der Waals surface area (Å²) in [6.45, 7) is 9.03. The Morgan fingerprint density at radius 3 is 2.39 bits per heavy atom. The van der Waals surface area contributed by atoms with Crippen LogP contribution >= 0.6 is 11.6 Å². The lowest BCUT2D eigenvalue weighted by molar-refractivity contribution is -0.0366. The Hall–Kier alpha value is -0.610. The van der Waals surface area contributed by atoms with E-state index in [0.717, 1.165) is 5.56 Å². The van der Waals surface area contributed by atoms with Crippen molar-refractivity contribution in [2.24, 2.45) is 11.3 Å². The molecule has 0 bridgehead atoms. The third kappa shape index (κ3) is 3.69. The van der Waals surface area contributed by atoms with Gasteiger partial charge in [-0.2, -0.15) is 0 Å². The number of ether oxygens (including phenoxy) is 1. The van der Waals surface area contributed by atoms with Crippen LogP contribution in [0, 0.1) is 5.41 Å². The summed E-state index contributed by atoms with van der Waals surface area (Å²) in [5, 5.41) is 0.703. The molecule has 0 aromatic heterocycles. The van der Waals surface area contributed by atoms with Crippen LogP contribution in [0.2, 0.25) is 5.02 Å². The Labute approximate surface area is 115 Å². The Balaban J connectivity index is 3.10. The van der Waals surface area contributed by atoms with Crippen molar-refractivity contribution < 1.29 is 4.74 Å². The van der Waals surface area contributed by atoms with Crippen LogP contribution in [-0.4, -0.2) is 12.7 Å². The third-order valence-corrected chi connectivity index (χ3v) is 3.27. The van der Waals surface area contributed by atoms with E-state index in [-0.39, 0.29) is 17.6 Å². The molecule has 102 valence electrons. The first-order chi connectivity index (χ1) is 8.41. The van der Waals surface area contributed by atoms with Crippen molar-refractivity contribution in [3.8, 4) is 0 Å². The summed E-state index contributed by atoms with van der Waals surface area (Å²) >= 11 is 6.24. The van der Waals surface area contributed by atoms with Gasteiger partial charge in [-0.25, -0.2) is 0 Å². The molecule has 0 aliphatic rings. The second kappa shape index (κ2) is 6.53. The van der Waals surface area contributed by atoms with Gasteiger partial charge in [0.1, 0.15) is 0 Å². The van der Waals surface area contributed by atoms with Gasteiger partial charge in [0.15, 0.2) is 0 Å². The smallest absolute Gasteiger partial charge is 0.0831 e. The highest BCUT2D eigenvalue weighted by atomic mass is 35.5. The molecule has 0 spiro atoms. The van der Waals surface area contributed by atoms with Gasteiger partial charge in [-0.05, 0) is 24.0 Å². The molecule has 0 heterocycles. The van der Waals surface area contributed by atoms with E-state index in [0.29, 0.717) is 11.6 Å². The molecule has 0 aliphatic carbocycles. The lowest BCUT2D eigenvalue weighted by Crippen LogP contribution is -2.44. The molecule has 4 heteroatoms. The lowest BCUT2D eigenvalue weighted by Gasteiger charge is -2.37. The maximum Gasteiger partial charge on any atom is 0.0831 e. The number of rotatable bonds is 5. The van der Waals surface area contributed by atoms with E-state index in [9.17, 15) is 0 Å². The molecule has 0 amide bonds. The quantitative estimate of drug-likeness (QED) is 0.638. The number of halogens is 1. The van der Waals surface area contributed by atoms with Crippen LogP contribution in [0.3, 0.4) is 0 Å². The van der Waals surface area contributed by atoms with Gasteiger partial charge in [-0.1, -0.05) is 50.6 Å². The highest BCUT2D eigenvalue weighted by Gasteiger charge is 2.34. The SMILES string of the molecule is CCOC(C(NN)c1ccccc1Cl)C(C)(C)C. The van der Waals surface area contributed by atoms with Gasteiger partial charge in [0, 0.05) is 11.6 Å². The van der Waals surface area contributed by atoms with Gasteiger partial charge in [0.05, 0.1) is 12.1 Å². The fourth-order valence-corrected chi connectivity index (χ4v) is 2.35. The molecular formula is C14H23ClN2O. The molecule has 0 radical (unpaired) electrons. The Morgan fingerprint density at radius 1 is 1.33 bits per heavy atom. The zero-order chi connectivity index (χ0) is 13.8. The Morgan fingerprint density at radius 2 is 1.94 bits per heavy atom. The van der Waals surface area contributed by atoms with Gasteiger partial charge in [-0.15, -0.1) is 0 Å². The molecule has 3 nitrogen and oxygen atoms in total. The van der Waals surface area contributed by atoms with Crippen LogP contribution < -0.4 is 11.3 Å². The van der Waals surface area contributed by atoms with Gasteiger partial charge >= 0.3 is 0 Å². The van der Waals surface area contributed by atoms with E-state index in [2.05, 4.69) is 26.2 Å². The Bertz CT molecular complexity index is 376. The highest BCUT2D eigenvalue weighted by molar-refractivity contribution is 6.31. The minimum atomic E-state index is -0.126. The van der Waals surface area contributed by atoms with E-state index in [4.69, 9.17) is 22.2 Å². The van der Waals surface area contributed by atoms with Crippen molar-refractivity contribution in [1.82, 2.24) is 5.43 Å². The maximum absolute atomic E-state index is 6.24. The summed E-state index contributed by atoms with van der Waals surface area (Å²) in [4.78, 5) is 0. The van der Waals surface area contributed by atoms with E-state index in [1.165, 1.54) is 0 Å². The predicted molar refractivity (Wildman–Crippen MR) is 76.4 cm³/mol. The first-order valence-electron chi connectivity index (χ1n) is 6.24. The second-order valence-corrected chi connectivity index (χ2v) is 5.82. The van der Waals surface area contributed by atoms with Crippen LogP contribution in [-0.2, 0) is 4.74 Å². The lowest BCUT2D eigenvalue weighted by atomic mass is 9.82. The average Bonchev–Trinajstić information content (AvgIpc) is 2.30. The molecular weight excluding hydrogens is 248 g/mol. The van der Waals surface area contributed by atoms with Crippen LogP contribution in [0.1, 0.15) is 39.3 Å². The summed E-state index contributed by atoms with van der Waals surface area (Å²) < 4.78 is 5.87. The molecule has 3 N–H and O–H groups in total. The van der Waals surface area contributed by atoms with Crippen LogP contribution in [0.25, 0.3) is 0 Å². The first-order valence-corrected chi connectivity index (χ1v) is 6.61. The minimum Gasteiger partial charge on any atom is -0.376 e. The highest BCUT2D eigenvalue weighted by Crippen LogP contribution is 2.35. The van der Waals surface area contributed by atoms with Crippen molar-refractivity contribution in [2.45, 2.75) is 39.8 Å². The van der Waals surface area contributed by atoms with Crippen molar-refractivity contribution in [3.05, 3.63) is 34.9 Å². The summed E-state index contributed by atoms with van der Waals surface area (Å²) in [5.74, 6) is 5.71. The van der Waals surface area contributed by atoms with Gasteiger partial charge in [0.25, 0.3) is 0 Å². The third-order valence-electron chi connectivity index (χ3n) is 2.92. The van der Waals surface area contributed by atoms with Crippen molar-refractivity contribution >= 4 is 11.6 Å². The zero-order valence-corrected chi connectivity index (χ0v) is 12.3. The summed E-state index contributed by atoms with van der Waals surface area (Å²) in [6, 6.07) is 7.58. The maximum atomic E-state index is 6.24. The number of benzene rings is 1. The molecule has 18 heavy (non-hydrogen) atoms. The van der Waals surface area contributed by atoms with Crippen LogP contribution in [0.15, 0.2) is 24.3 Å².